The van der Waals surface area contributed by atoms with Crippen LogP contribution in [0.15, 0.2) is 47.9 Å². The number of thiazole rings is 1. The van der Waals surface area contributed by atoms with E-state index in [0.29, 0.717) is 59.8 Å². The minimum absolute atomic E-state index is 0.0277. The molecule has 16 nitrogen and oxygen atoms in total. The first kappa shape index (κ1) is 41.3. The van der Waals surface area contributed by atoms with Crippen molar-refractivity contribution in [3.05, 3.63) is 53.6 Å². The van der Waals surface area contributed by atoms with E-state index in [-0.39, 0.29) is 31.4 Å². The molecule has 9 rings (SSSR count). The van der Waals surface area contributed by atoms with Gasteiger partial charge in [0.2, 0.25) is 27.7 Å². The molecule has 1 saturated heterocycles. The van der Waals surface area contributed by atoms with Gasteiger partial charge in [-0.2, -0.15) is 9.61 Å². The van der Waals surface area contributed by atoms with Crippen molar-refractivity contribution in [2.24, 2.45) is 5.92 Å². The van der Waals surface area contributed by atoms with E-state index in [1.807, 2.05) is 41.8 Å². The van der Waals surface area contributed by atoms with E-state index in [2.05, 4.69) is 29.2 Å². The first-order chi connectivity index (χ1) is 29.4. The maximum Gasteiger partial charge on any atom is 0.408 e. The number of hydrogen-bond acceptors (Lipinski definition) is 12. The molecule has 3 saturated carbocycles. The van der Waals surface area contributed by atoms with Crippen LogP contribution in [0.5, 0.6) is 5.88 Å². The molecular formula is C43H52N8O8S2. The Morgan fingerprint density at radius 2 is 1.79 bits per heavy atom. The number of alkyl carbamates (subject to hydrolysis) is 1. The Balaban J connectivity index is 1.05. The Hall–Kier alpha value is -5.10. The number of rotatable bonds is 9. The minimum atomic E-state index is -3.91. The van der Waals surface area contributed by atoms with Crippen LogP contribution in [-0.2, 0) is 29.1 Å². The monoisotopic (exact) mass is 872 g/mol. The van der Waals surface area contributed by atoms with Crippen molar-refractivity contribution in [3.8, 4) is 16.6 Å². The number of sulfonamides is 1. The summed E-state index contributed by atoms with van der Waals surface area (Å²) in [5.41, 5.74) is 1.26. The number of nitrogens with zero attached hydrogens (tertiary/aromatic N) is 5. The number of nitrogens with one attached hydrogen (secondary N) is 3. The van der Waals surface area contributed by atoms with Crippen LogP contribution in [0.1, 0.15) is 109 Å². The van der Waals surface area contributed by atoms with Crippen LogP contribution in [0.25, 0.3) is 27.3 Å². The smallest absolute Gasteiger partial charge is 0.408 e. The third-order valence-electron chi connectivity index (χ3n) is 12.6. The Morgan fingerprint density at radius 1 is 1.00 bits per heavy atom. The van der Waals surface area contributed by atoms with E-state index in [4.69, 9.17) is 24.5 Å². The molecule has 0 unspecified atom stereocenters. The topological polar surface area (TPSA) is 203 Å². The van der Waals surface area contributed by atoms with E-state index in [0.717, 1.165) is 49.6 Å². The van der Waals surface area contributed by atoms with Crippen LogP contribution in [0.2, 0.25) is 0 Å². The van der Waals surface area contributed by atoms with Gasteiger partial charge in [-0.15, -0.1) is 11.3 Å². The van der Waals surface area contributed by atoms with Gasteiger partial charge >= 0.3 is 6.09 Å². The molecule has 18 heteroatoms. The fourth-order valence-corrected chi connectivity index (χ4v) is 11.1. The predicted octanol–water partition coefficient (Wildman–Crippen LogP) is 5.52. The van der Waals surface area contributed by atoms with Crippen molar-refractivity contribution in [1.82, 2.24) is 39.8 Å². The van der Waals surface area contributed by atoms with Crippen LogP contribution in [0.4, 0.5) is 4.79 Å². The van der Waals surface area contributed by atoms with Crippen LogP contribution >= 0.6 is 11.3 Å². The highest BCUT2D eigenvalue weighted by Gasteiger charge is 2.62. The highest BCUT2D eigenvalue weighted by molar-refractivity contribution is 7.91. The summed E-state index contributed by atoms with van der Waals surface area (Å²) in [5.74, 6) is -1.77. The second-order valence-corrected chi connectivity index (χ2v) is 20.3. The van der Waals surface area contributed by atoms with Gasteiger partial charge in [0.05, 0.1) is 23.0 Å². The zero-order chi connectivity index (χ0) is 42.5. The second kappa shape index (κ2) is 16.6. The Bertz CT molecular complexity index is 2490. The molecule has 0 radical (unpaired) electrons. The van der Waals surface area contributed by atoms with E-state index in [1.165, 1.54) is 16.2 Å². The number of carbonyl (C=O) groups excluding carboxylic acids is 4. The highest BCUT2D eigenvalue weighted by Crippen LogP contribution is 2.46. The van der Waals surface area contributed by atoms with Crippen molar-refractivity contribution in [1.29, 1.82) is 0 Å². The van der Waals surface area contributed by atoms with Crippen molar-refractivity contribution in [3.63, 3.8) is 0 Å². The molecule has 4 fully saturated rings. The Kier molecular flexibility index (Phi) is 11.3. The standard InChI is InChI=1S/C43H52N8O8S2/c1-25(2)34-24-60-39(45-34)33-21-36(51-37(44-33)30-15-10-11-16-31(30)48-51)58-28-20-35-38(52)47-43(41(54)49-61(56,57)29-18-19-29)22-26(43)12-6-4-3-5-7-17-32(40(53)50(35)23-28)46-42(55)59-27-13-8-9-14-27/h6,10-12,15-16,21,24-29,32,35H,3-5,7-9,13-14,17-20,22-23H2,1-2H3,(H,46,55)(H,47,52)(H,49,54)/b12-6-/t26-,28-,32+,35+,43-/m1/s1. The average molecular weight is 873 g/mol. The molecule has 4 aromatic rings. The summed E-state index contributed by atoms with van der Waals surface area (Å²) in [6, 6.07) is 7.26. The van der Waals surface area contributed by atoms with Gasteiger partial charge in [-0.1, -0.05) is 51.0 Å². The van der Waals surface area contributed by atoms with Crippen molar-refractivity contribution < 1.29 is 37.1 Å². The van der Waals surface area contributed by atoms with Crippen LogP contribution < -0.4 is 20.1 Å². The number of hydrogen-bond donors (Lipinski definition) is 3. The Labute approximate surface area is 358 Å². The summed E-state index contributed by atoms with van der Waals surface area (Å²) in [6.45, 7) is 4.12. The molecule has 3 aromatic heterocycles. The van der Waals surface area contributed by atoms with Crippen molar-refractivity contribution >= 4 is 61.7 Å². The molecule has 61 heavy (non-hydrogen) atoms. The molecule has 5 aliphatic rings. The van der Waals surface area contributed by atoms with E-state index >= 15 is 0 Å². The average Bonchev–Trinajstić information content (AvgIpc) is 3.87. The van der Waals surface area contributed by atoms with Crippen molar-refractivity contribution in [2.45, 2.75) is 138 Å². The molecule has 3 aliphatic carbocycles. The fraction of sp³-hybridized carbons (Fsp3) is 0.558. The second-order valence-electron chi connectivity index (χ2n) is 17.5. The zero-order valence-corrected chi connectivity index (χ0v) is 36.0. The molecule has 324 valence electrons. The molecule has 4 amide bonds. The van der Waals surface area contributed by atoms with E-state index in [1.54, 1.807) is 10.6 Å². The molecule has 1 aromatic carbocycles. The number of carbonyl (C=O) groups is 4. The van der Waals surface area contributed by atoms with Crippen LogP contribution in [0.3, 0.4) is 0 Å². The van der Waals surface area contributed by atoms with E-state index in [9.17, 15) is 27.6 Å². The quantitative estimate of drug-likeness (QED) is 0.179. The fourth-order valence-electron chi connectivity index (χ4n) is 8.82. The number of amides is 4. The number of ether oxygens (including phenoxy) is 2. The number of aromatic nitrogens is 4. The zero-order valence-electron chi connectivity index (χ0n) is 34.4. The van der Waals surface area contributed by atoms with E-state index < -0.39 is 68.7 Å². The molecular weight excluding hydrogens is 821 g/mol. The molecule has 3 N–H and O–H groups in total. The molecule has 0 spiro atoms. The SMILES string of the molecule is CC(C)c1csc(-c2cc(O[C@@H]3C[C@H]4C(=O)N[C@]5(C(=O)NS(=O)(=O)C6CC6)C[C@H]5/C=C\CCCCC[C@H](NC(=O)OC5CCCC5)C(=O)N4C3)n3nc4ccccc4c3n2)n1. The van der Waals surface area contributed by atoms with Gasteiger partial charge in [-0.3, -0.25) is 19.1 Å². The van der Waals surface area contributed by atoms with Gasteiger partial charge in [0.25, 0.3) is 5.91 Å². The predicted molar refractivity (Wildman–Crippen MR) is 227 cm³/mol. The first-order valence-corrected chi connectivity index (χ1v) is 24.0. The number of allylic oxidation sites excluding steroid dienone is 1. The number of benzene rings is 1. The van der Waals surface area contributed by atoms with Gasteiger partial charge in [-0.25, -0.2) is 23.2 Å². The molecule has 5 heterocycles. The normalized spacial score (nSPS) is 26.9. The third kappa shape index (κ3) is 8.57. The highest BCUT2D eigenvalue weighted by atomic mass is 32.2. The lowest BCUT2D eigenvalue weighted by atomic mass is 10.0. The largest absolute Gasteiger partial charge is 0.472 e. The lowest BCUT2D eigenvalue weighted by Crippen LogP contribution is -2.58. The third-order valence-corrected chi connectivity index (χ3v) is 15.3. The molecule has 5 atom stereocenters. The van der Waals surface area contributed by atoms with Gasteiger partial charge in [0, 0.05) is 29.2 Å². The Morgan fingerprint density at radius 3 is 2.56 bits per heavy atom. The van der Waals surface area contributed by atoms with Crippen LogP contribution in [0, 0.1) is 5.92 Å². The lowest BCUT2D eigenvalue weighted by Gasteiger charge is -2.30. The minimum Gasteiger partial charge on any atom is -0.472 e. The number of fused-ring (bicyclic) bond motifs is 5. The van der Waals surface area contributed by atoms with Gasteiger partial charge in [0.1, 0.15) is 40.5 Å². The summed E-state index contributed by atoms with van der Waals surface area (Å²) in [6.07, 6.45) is 10.1. The van der Waals surface area contributed by atoms with Crippen molar-refractivity contribution in [2.75, 3.05) is 6.54 Å². The maximum absolute atomic E-state index is 14.8. The van der Waals surface area contributed by atoms with Gasteiger partial charge in [0.15, 0.2) is 5.65 Å². The van der Waals surface area contributed by atoms with Crippen LogP contribution in [-0.4, -0.2) is 98.3 Å². The van der Waals surface area contributed by atoms with Gasteiger partial charge in [-0.05, 0) is 82.3 Å². The summed E-state index contributed by atoms with van der Waals surface area (Å²) in [7, 11) is -3.91. The lowest BCUT2D eigenvalue weighted by molar-refractivity contribution is -0.141. The summed E-state index contributed by atoms with van der Waals surface area (Å²) < 4.78 is 42.3. The maximum atomic E-state index is 14.8. The summed E-state index contributed by atoms with van der Waals surface area (Å²) >= 11 is 1.48. The summed E-state index contributed by atoms with van der Waals surface area (Å²) in [5, 5.41) is 13.5. The molecule has 0 bridgehead atoms. The molecule has 2 aliphatic heterocycles. The first-order valence-electron chi connectivity index (χ1n) is 21.6. The summed E-state index contributed by atoms with van der Waals surface area (Å²) in [4.78, 5) is 67.9. The van der Waals surface area contributed by atoms with Gasteiger partial charge < -0.3 is 25.0 Å².